The van der Waals surface area contributed by atoms with Gasteiger partial charge in [0.2, 0.25) is 0 Å². The van der Waals surface area contributed by atoms with Gasteiger partial charge in [-0.15, -0.1) is 0 Å². The summed E-state index contributed by atoms with van der Waals surface area (Å²) in [4.78, 5) is 9.98. The number of nitrogen functional groups attached to an aromatic ring is 1. The number of halogens is 1. The Kier molecular flexibility index (Phi) is 3.20. The molecular formula is C10H10FNO. The number of carbonyl (C=O) groups excluding carboxylic acids is 1. The summed E-state index contributed by atoms with van der Waals surface area (Å²) in [7, 11) is 0. The van der Waals surface area contributed by atoms with Gasteiger partial charge in [-0.25, -0.2) is 4.39 Å². The van der Waals surface area contributed by atoms with Crippen LogP contribution < -0.4 is 5.73 Å². The standard InChI is InChI=1S/C10H10FNO/c11-10-5-4-9(12)7-8(10)3-1-2-6-13/h1,3-7H,2,12H2. The largest absolute Gasteiger partial charge is 0.399 e. The third-order valence-corrected chi connectivity index (χ3v) is 1.55. The SMILES string of the molecule is Nc1ccc(F)c(C=CCC=O)c1. The highest BCUT2D eigenvalue weighted by molar-refractivity contribution is 5.60. The fourth-order valence-corrected chi connectivity index (χ4v) is 0.941. The van der Waals surface area contributed by atoms with Crippen LogP contribution in [0.1, 0.15) is 12.0 Å². The first kappa shape index (κ1) is 9.45. The van der Waals surface area contributed by atoms with Crippen molar-refractivity contribution >= 4 is 18.0 Å². The molecule has 2 N–H and O–H groups in total. The lowest BCUT2D eigenvalue weighted by Gasteiger charge is -1.97. The molecule has 0 aliphatic rings. The fraction of sp³-hybridized carbons (Fsp3) is 0.100. The number of hydrogen-bond donors (Lipinski definition) is 1. The Morgan fingerprint density at radius 2 is 2.23 bits per heavy atom. The van der Waals surface area contributed by atoms with E-state index in [1.807, 2.05) is 0 Å². The van der Waals surface area contributed by atoms with E-state index < -0.39 is 0 Å². The van der Waals surface area contributed by atoms with Crippen LogP contribution in [0.3, 0.4) is 0 Å². The van der Waals surface area contributed by atoms with Crippen molar-refractivity contribution in [2.75, 3.05) is 5.73 Å². The van der Waals surface area contributed by atoms with Gasteiger partial charge in [-0.2, -0.15) is 0 Å². The Balaban J connectivity index is 2.86. The minimum Gasteiger partial charge on any atom is -0.399 e. The van der Waals surface area contributed by atoms with E-state index in [0.717, 1.165) is 6.29 Å². The number of carbonyl (C=O) groups is 1. The average molecular weight is 179 g/mol. The minimum atomic E-state index is -0.337. The van der Waals surface area contributed by atoms with Crippen molar-refractivity contribution in [3.63, 3.8) is 0 Å². The average Bonchev–Trinajstić information content (AvgIpc) is 2.11. The molecule has 0 saturated carbocycles. The van der Waals surface area contributed by atoms with Gasteiger partial charge >= 0.3 is 0 Å². The molecule has 0 bridgehead atoms. The van der Waals surface area contributed by atoms with Gasteiger partial charge in [-0.3, -0.25) is 0 Å². The van der Waals surface area contributed by atoms with Gasteiger partial charge in [0.1, 0.15) is 12.1 Å². The summed E-state index contributed by atoms with van der Waals surface area (Å²) in [5.41, 5.74) is 6.37. The van der Waals surface area contributed by atoms with Gasteiger partial charge in [0, 0.05) is 17.7 Å². The number of rotatable bonds is 3. The van der Waals surface area contributed by atoms with Gasteiger partial charge in [0.05, 0.1) is 0 Å². The van der Waals surface area contributed by atoms with Crippen LogP contribution in [0.5, 0.6) is 0 Å². The van der Waals surface area contributed by atoms with Gasteiger partial charge in [-0.05, 0) is 18.2 Å². The molecule has 0 atom stereocenters. The lowest BCUT2D eigenvalue weighted by molar-refractivity contribution is -0.107. The van der Waals surface area contributed by atoms with Crippen LogP contribution >= 0.6 is 0 Å². The molecule has 13 heavy (non-hydrogen) atoms. The van der Waals surface area contributed by atoms with E-state index >= 15 is 0 Å². The van der Waals surface area contributed by atoms with Crippen molar-refractivity contribution in [2.45, 2.75) is 6.42 Å². The zero-order chi connectivity index (χ0) is 9.68. The number of anilines is 1. The Bertz CT molecular complexity index is 334. The molecule has 0 aliphatic heterocycles. The Morgan fingerprint density at radius 3 is 2.92 bits per heavy atom. The first-order chi connectivity index (χ1) is 6.24. The van der Waals surface area contributed by atoms with E-state index in [1.54, 1.807) is 12.2 Å². The monoisotopic (exact) mass is 179 g/mol. The molecule has 3 heteroatoms. The summed E-state index contributed by atoms with van der Waals surface area (Å²) < 4.78 is 13.0. The number of nitrogens with two attached hydrogens (primary N) is 1. The third kappa shape index (κ3) is 2.71. The minimum absolute atomic E-state index is 0.286. The highest BCUT2D eigenvalue weighted by Gasteiger charge is 1.97. The van der Waals surface area contributed by atoms with Gasteiger partial charge in [0.25, 0.3) is 0 Å². The van der Waals surface area contributed by atoms with Gasteiger partial charge in [-0.1, -0.05) is 12.2 Å². The van der Waals surface area contributed by atoms with Crippen LogP contribution in [0.2, 0.25) is 0 Å². The highest BCUT2D eigenvalue weighted by Crippen LogP contribution is 2.13. The topological polar surface area (TPSA) is 43.1 Å². The second-order valence-electron chi connectivity index (χ2n) is 2.59. The first-order valence-corrected chi connectivity index (χ1v) is 3.89. The van der Waals surface area contributed by atoms with Crippen molar-refractivity contribution in [1.29, 1.82) is 0 Å². The predicted octanol–water partition coefficient (Wildman–Crippen LogP) is 2.01. The summed E-state index contributed by atoms with van der Waals surface area (Å²) in [6.07, 6.45) is 4.17. The number of aldehydes is 1. The van der Waals surface area contributed by atoms with Crippen LogP contribution in [-0.4, -0.2) is 6.29 Å². The molecule has 1 aromatic rings. The Labute approximate surface area is 75.9 Å². The van der Waals surface area contributed by atoms with E-state index in [-0.39, 0.29) is 12.2 Å². The molecule has 1 rings (SSSR count). The van der Waals surface area contributed by atoms with Crippen molar-refractivity contribution in [2.24, 2.45) is 0 Å². The number of benzene rings is 1. The summed E-state index contributed by atoms with van der Waals surface area (Å²) in [5.74, 6) is -0.337. The van der Waals surface area contributed by atoms with Crippen LogP contribution in [-0.2, 0) is 4.79 Å². The van der Waals surface area contributed by atoms with Crippen LogP contribution in [0.25, 0.3) is 6.08 Å². The van der Waals surface area contributed by atoms with Crippen LogP contribution in [0.15, 0.2) is 24.3 Å². The molecule has 68 valence electrons. The second-order valence-corrected chi connectivity index (χ2v) is 2.59. The highest BCUT2D eigenvalue weighted by atomic mass is 19.1. The van der Waals surface area contributed by atoms with Crippen LogP contribution in [0.4, 0.5) is 10.1 Å². The molecule has 1 aromatic carbocycles. The lowest BCUT2D eigenvalue weighted by atomic mass is 10.1. The maximum absolute atomic E-state index is 13.0. The van der Waals surface area contributed by atoms with E-state index in [9.17, 15) is 9.18 Å². The van der Waals surface area contributed by atoms with Gasteiger partial charge < -0.3 is 10.5 Å². The molecule has 0 spiro atoms. The third-order valence-electron chi connectivity index (χ3n) is 1.55. The Morgan fingerprint density at radius 1 is 1.46 bits per heavy atom. The van der Waals surface area contributed by atoms with Crippen molar-refractivity contribution in [1.82, 2.24) is 0 Å². The molecule has 0 heterocycles. The van der Waals surface area contributed by atoms with E-state index in [1.165, 1.54) is 18.2 Å². The molecule has 0 fully saturated rings. The fourth-order valence-electron chi connectivity index (χ4n) is 0.941. The van der Waals surface area contributed by atoms with E-state index in [4.69, 9.17) is 5.73 Å². The zero-order valence-corrected chi connectivity index (χ0v) is 7.03. The summed E-state index contributed by atoms with van der Waals surface area (Å²) in [6, 6.07) is 4.32. The van der Waals surface area contributed by atoms with Crippen molar-refractivity contribution < 1.29 is 9.18 Å². The lowest BCUT2D eigenvalue weighted by Crippen LogP contribution is -1.88. The molecule has 0 aliphatic carbocycles. The second kappa shape index (κ2) is 4.40. The predicted molar refractivity (Wildman–Crippen MR) is 50.5 cm³/mol. The first-order valence-electron chi connectivity index (χ1n) is 3.89. The normalized spacial score (nSPS) is 10.5. The summed E-state index contributed by atoms with van der Waals surface area (Å²) in [6.45, 7) is 0. The summed E-state index contributed by atoms with van der Waals surface area (Å²) in [5, 5.41) is 0. The molecule has 0 aromatic heterocycles. The van der Waals surface area contributed by atoms with Gasteiger partial charge in [0.15, 0.2) is 0 Å². The maximum Gasteiger partial charge on any atom is 0.130 e. The smallest absolute Gasteiger partial charge is 0.130 e. The number of allylic oxidation sites excluding steroid dienone is 1. The quantitative estimate of drug-likeness (QED) is 0.569. The van der Waals surface area contributed by atoms with Crippen molar-refractivity contribution in [3.05, 3.63) is 35.7 Å². The van der Waals surface area contributed by atoms with Crippen LogP contribution in [0, 0.1) is 5.82 Å². The molecule has 0 saturated heterocycles. The molecule has 0 radical (unpaired) electrons. The van der Waals surface area contributed by atoms with E-state index in [0.29, 0.717) is 11.3 Å². The molecule has 0 unspecified atom stereocenters. The molecule has 2 nitrogen and oxygen atoms in total. The molecule has 0 amide bonds. The number of hydrogen-bond acceptors (Lipinski definition) is 2. The zero-order valence-electron chi connectivity index (χ0n) is 7.03. The Hall–Kier alpha value is -1.64. The molecular weight excluding hydrogens is 169 g/mol. The summed E-state index contributed by atoms with van der Waals surface area (Å²) >= 11 is 0. The van der Waals surface area contributed by atoms with E-state index in [2.05, 4.69) is 0 Å². The van der Waals surface area contributed by atoms with Crippen molar-refractivity contribution in [3.8, 4) is 0 Å². The maximum atomic E-state index is 13.0.